The van der Waals surface area contributed by atoms with Gasteiger partial charge in [0.15, 0.2) is 5.82 Å². The Kier molecular flexibility index (Phi) is 4.07. The van der Waals surface area contributed by atoms with E-state index in [0.29, 0.717) is 22.5 Å². The smallest absolute Gasteiger partial charge is 0.184 e. The molecular weight excluding hydrogens is 290 g/mol. The molecule has 112 valence electrons. The van der Waals surface area contributed by atoms with Gasteiger partial charge in [0.2, 0.25) is 0 Å². The molecule has 0 radical (unpaired) electrons. The normalized spacial score (nSPS) is 17.8. The second-order valence-corrected chi connectivity index (χ2v) is 5.81. The Morgan fingerprint density at radius 1 is 1.38 bits per heavy atom. The summed E-state index contributed by atoms with van der Waals surface area (Å²) in [4.78, 5) is 0. The number of anilines is 1. The first kappa shape index (κ1) is 14.3. The summed E-state index contributed by atoms with van der Waals surface area (Å²) in [7, 11) is 0. The van der Waals surface area contributed by atoms with E-state index in [2.05, 4.69) is 22.4 Å². The first-order valence-corrected chi connectivity index (χ1v) is 7.45. The summed E-state index contributed by atoms with van der Waals surface area (Å²) in [5.74, 6) is 1.19. The van der Waals surface area contributed by atoms with E-state index in [4.69, 9.17) is 22.1 Å². The standard InChI is InChI=1S/C14H18ClN5O/c1-9(10-4-6-21-7-5-10)20-14(17-18-19-20)12-3-2-11(15)8-13(12)16/h2-3,8-10H,4-7,16H2,1H3. The van der Waals surface area contributed by atoms with Gasteiger partial charge in [0.1, 0.15) is 0 Å². The minimum Gasteiger partial charge on any atom is -0.398 e. The molecule has 1 saturated heterocycles. The molecule has 6 nitrogen and oxygen atoms in total. The Labute approximate surface area is 128 Å². The van der Waals surface area contributed by atoms with Crippen LogP contribution < -0.4 is 5.73 Å². The Hall–Kier alpha value is -1.66. The van der Waals surface area contributed by atoms with Crippen molar-refractivity contribution in [2.75, 3.05) is 18.9 Å². The van der Waals surface area contributed by atoms with Gasteiger partial charge in [-0.3, -0.25) is 0 Å². The predicted octanol–water partition coefficient (Wildman–Crippen LogP) is 2.56. The van der Waals surface area contributed by atoms with Crippen LogP contribution in [0.2, 0.25) is 5.02 Å². The zero-order valence-electron chi connectivity index (χ0n) is 11.9. The van der Waals surface area contributed by atoms with Crippen molar-refractivity contribution < 1.29 is 4.74 Å². The summed E-state index contributed by atoms with van der Waals surface area (Å²) in [6.45, 7) is 3.74. The van der Waals surface area contributed by atoms with E-state index >= 15 is 0 Å². The second kappa shape index (κ2) is 5.99. The van der Waals surface area contributed by atoms with Gasteiger partial charge in [-0.15, -0.1) is 5.10 Å². The molecule has 1 atom stereocenters. The molecule has 2 aromatic rings. The molecule has 2 N–H and O–H groups in total. The van der Waals surface area contributed by atoms with E-state index in [1.54, 1.807) is 12.1 Å². The molecule has 0 aliphatic carbocycles. The summed E-state index contributed by atoms with van der Waals surface area (Å²) in [6.07, 6.45) is 2.05. The lowest BCUT2D eigenvalue weighted by molar-refractivity contribution is 0.0495. The lowest BCUT2D eigenvalue weighted by atomic mass is 9.93. The van der Waals surface area contributed by atoms with Crippen LogP contribution in [0.5, 0.6) is 0 Å². The van der Waals surface area contributed by atoms with Crippen LogP contribution in [0, 0.1) is 5.92 Å². The van der Waals surface area contributed by atoms with E-state index in [9.17, 15) is 0 Å². The molecule has 1 aromatic carbocycles. The largest absolute Gasteiger partial charge is 0.398 e. The van der Waals surface area contributed by atoms with Crippen LogP contribution in [0.25, 0.3) is 11.4 Å². The molecular formula is C14H18ClN5O. The fraction of sp³-hybridized carbons (Fsp3) is 0.500. The summed E-state index contributed by atoms with van der Waals surface area (Å²) in [6, 6.07) is 5.57. The summed E-state index contributed by atoms with van der Waals surface area (Å²) >= 11 is 5.95. The highest BCUT2D eigenvalue weighted by atomic mass is 35.5. The Bertz CT molecular complexity index is 624. The van der Waals surface area contributed by atoms with Crippen LogP contribution in [0.4, 0.5) is 5.69 Å². The number of halogens is 1. The number of tetrazole rings is 1. The Morgan fingerprint density at radius 2 is 2.14 bits per heavy atom. The number of rotatable bonds is 3. The van der Waals surface area contributed by atoms with Crippen molar-refractivity contribution in [1.29, 1.82) is 0 Å². The number of nitrogen functional groups attached to an aromatic ring is 1. The molecule has 7 heteroatoms. The van der Waals surface area contributed by atoms with Crippen LogP contribution in [-0.2, 0) is 4.74 Å². The van der Waals surface area contributed by atoms with E-state index in [1.807, 2.05) is 10.7 Å². The van der Waals surface area contributed by atoms with Crippen molar-refractivity contribution in [2.45, 2.75) is 25.8 Å². The highest BCUT2D eigenvalue weighted by Crippen LogP contribution is 2.32. The SMILES string of the molecule is CC(C1CCOCC1)n1nnnc1-c1ccc(Cl)cc1N. The number of benzene rings is 1. The van der Waals surface area contributed by atoms with Gasteiger partial charge >= 0.3 is 0 Å². The quantitative estimate of drug-likeness (QED) is 0.882. The van der Waals surface area contributed by atoms with Crippen molar-refractivity contribution in [3.05, 3.63) is 23.2 Å². The maximum Gasteiger partial charge on any atom is 0.184 e. The van der Waals surface area contributed by atoms with Crippen LogP contribution in [0.15, 0.2) is 18.2 Å². The van der Waals surface area contributed by atoms with Crippen molar-refractivity contribution in [1.82, 2.24) is 20.2 Å². The first-order chi connectivity index (χ1) is 10.2. The topological polar surface area (TPSA) is 78.8 Å². The molecule has 0 spiro atoms. The third kappa shape index (κ3) is 2.87. The number of hydrogen-bond acceptors (Lipinski definition) is 5. The molecule has 2 heterocycles. The number of aromatic nitrogens is 4. The highest BCUT2D eigenvalue weighted by Gasteiger charge is 2.25. The van der Waals surface area contributed by atoms with Crippen LogP contribution >= 0.6 is 11.6 Å². The molecule has 3 rings (SSSR count). The summed E-state index contributed by atoms with van der Waals surface area (Å²) < 4.78 is 7.28. The number of nitrogens with zero attached hydrogens (tertiary/aromatic N) is 4. The lowest BCUT2D eigenvalue weighted by Crippen LogP contribution is -2.25. The molecule has 1 aromatic heterocycles. The van der Waals surface area contributed by atoms with Gasteiger partial charge in [-0.05, 0) is 54.3 Å². The van der Waals surface area contributed by atoms with Gasteiger partial charge in [-0.2, -0.15) is 0 Å². The van der Waals surface area contributed by atoms with Crippen molar-refractivity contribution in [2.24, 2.45) is 5.92 Å². The number of ether oxygens (including phenoxy) is 1. The third-order valence-corrected chi connectivity index (χ3v) is 4.32. The molecule has 0 amide bonds. The minimum atomic E-state index is 0.203. The van der Waals surface area contributed by atoms with E-state index in [-0.39, 0.29) is 6.04 Å². The van der Waals surface area contributed by atoms with Crippen molar-refractivity contribution in [3.8, 4) is 11.4 Å². The van der Waals surface area contributed by atoms with Gasteiger partial charge in [-0.1, -0.05) is 11.6 Å². The molecule has 0 bridgehead atoms. The second-order valence-electron chi connectivity index (χ2n) is 5.37. The first-order valence-electron chi connectivity index (χ1n) is 7.08. The monoisotopic (exact) mass is 307 g/mol. The molecule has 1 aliphatic heterocycles. The molecule has 21 heavy (non-hydrogen) atoms. The zero-order chi connectivity index (χ0) is 14.8. The van der Waals surface area contributed by atoms with Crippen LogP contribution in [0.1, 0.15) is 25.8 Å². The lowest BCUT2D eigenvalue weighted by Gasteiger charge is -2.28. The maximum absolute atomic E-state index is 6.05. The van der Waals surface area contributed by atoms with Crippen molar-refractivity contribution >= 4 is 17.3 Å². The fourth-order valence-corrected chi connectivity index (χ4v) is 2.96. The number of nitrogens with two attached hydrogens (primary N) is 1. The van der Waals surface area contributed by atoms with Gasteiger partial charge in [0.05, 0.1) is 6.04 Å². The van der Waals surface area contributed by atoms with Gasteiger partial charge in [0, 0.05) is 29.5 Å². The minimum absolute atomic E-state index is 0.203. The van der Waals surface area contributed by atoms with Gasteiger partial charge in [-0.25, -0.2) is 4.68 Å². The van der Waals surface area contributed by atoms with Gasteiger partial charge < -0.3 is 10.5 Å². The summed E-state index contributed by atoms with van der Waals surface area (Å²) in [5, 5.41) is 12.7. The van der Waals surface area contributed by atoms with E-state index in [0.717, 1.165) is 31.6 Å². The maximum atomic E-state index is 6.05. The van der Waals surface area contributed by atoms with Crippen LogP contribution in [-0.4, -0.2) is 33.4 Å². The molecule has 1 fully saturated rings. The third-order valence-electron chi connectivity index (χ3n) is 4.08. The highest BCUT2D eigenvalue weighted by molar-refractivity contribution is 6.31. The zero-order valence-corrected chi connectivity index (χ0v) is 12.6. The van der Waals surface area contributed by atoms with Gasteiger partial charge in [0.25, 0.3) is 0 Å². The summed E-state index contributed by atoms with van der Waals surface area (Å²) in [5.41, 5.74) is 7.44. The fourth-order valence-electron chi connectivity index (χ4n) is 2.78. The number of hydrogen-bond donors (Lipinski definition) is 1. The molecule has 1 unspecified atom stereocenters. The van der Waals surface area contributed by atoms with E-state index < -0.39 is 0 Å². The molecule has 1 aliphatic rings. The van der Waals surface area contributed by atoms with Crippen LogP contribution in [0.3, 0.4) is 0 Å². The molecule has 0 saturated carbocycles. The Morgan fingerprint density at radius 3 is 2.86 bits per heavy atom. The predicted molar refractivity (Wildman–Crippen MR) is 80.9 cm³/mol. The Balaban J connectivity index is 1.93. The average Bonchev–Trinajstić information content (AvgIpc) is 2.96. The average molecular weight is 308 g/mol. The van der Waals surface area contributed by atoms with Crippen molar-refractivity contribution in [3.63, 3.8) is 0 Å². The van der Waals surface area contributed by atoms with E-state index in [1.165, 1.54) is 0 Å².